The summed E-state index contributed by atoms with van der Waals surface area (Å²) in [5.41, 5.74) is 4.23. The summed E-state index contributed by atoms with van der Waals surface area (Å²) in [4.78, 5) is 12.8. The minimum atomic E-state index is -0.113. The maximum Gasteiger partial charge on any atom is 0.185 e. The van der Waals surface area contributed by atoms with E-state index in [2.05, 4.69) is 0 Å². The Morgan fingerprint density at radius 3 is 1.79 bits per heavy atom. The Balaban J connectivity index is 2.01. The van der Waals surface area contributed by atoms with E-state index in [0.717, 1.165) is 28.0 Å². The fourth-order valence-electron chi connectivity index (χ4n) is 3.45. The lowest BCUT2D eigenvalue weighted by Crippen LogP contribution is -1.99. The third-order valence-electron chi connectivity index (χ3n) is 5.37. The summed E-state index contributed by atoms with van der Waals surface area (Å²) in [6.07, 6.45) is 7.34. The zero-order valence-corrected chi connectivity index (χ0v) is 19.5. The largest absolute Gasteiger partial charge is 0.497 e. The van der Waals surface area contributed by atoms with Gasteiger partial charge in [0.15, 0.2) is 5.78 Å². The monoisotopic (exact) mass is 444 g/mol. The van der Waals surface area contributed by atoms with Gasteiger partial charge in [-0.3, -0.25) is 4.79 Å². The number of carbonyl (C=O) groups excluding carboxylic acids is 1. The average molecular weight is 445 g/mol. The van der Waals surface area contributed by atoms with Gasteiger partial charge in [0.25, 0.3) is 0 Å². The van der Waals surface area contributed by atoms with E-state index in [0.29, 0.717) is 22.8 Å². The Bertz CT molecular complexity index is 1160. The topological polar surface area (TPSA) is 54.0 Å². The first-order valence-electron chi connectivity index (χ1n) is 10.4. The minimum Gasteiger partial charge on any atom is -0.497 e. The summed E-state index contributed by atoms with van der Waals surface area (Å²) in [7, 11) is 6.46. The highest BCUT2D eigenvalue weighted by atomic mass is 16.5. The Morgan fingerprint density at radius 2 is 1.24 bits per heavy atom. The molecule has 0 saturated heterocycles. The van der Waals surface area contributed by atoms with Crippen LogP contribution < -0.4 is 18.9 Å². The van der Waals surface area contributed by atoms with Gasteiger partial charge in [0.05, 0.1) is 28.4 Å². The van der Waals surface area contributed by atoms with Gasteiger partial charge in [0, 0.05) is 17.2 Å². The smallest absolute Gasteiger partial charge is 0.185 e. The molecule has 0 bridgehead atoms. The van der Waals surface area contributed by atoms with Crippen LogP contribution in [0.15, 0.2) is 60.7 Å². The molecule has 0 heterocycles. The third-order valence-corrected chi connectivity index (χ3v) is 5.37. The predicted molar refractivity (Wildman–Crippen MR) is 133 cm³/mol. The van der Waals surface area contributed by atoms with Crippen LogP contribution >= 0.6 is 0 Å². The van der Waals surface area contributed by atoms with E-state index in [1.807, 2.05) is 49.4 Å². The van der Waals surface area contributed by atoms with Crippen molar-refractivity contribution in [3.8, 4) is 23.0 Å². The molecule has 5 nitrogen and oxygen atoms in total. The number of ether oxygens (including phenoxy) is 4. The first kappa shape index (κ1) is 23.7. The van der Waals surface area contributed by atoms with Crippen LogP contribution in [0.1, 0.15) is 32.6 Å². The lowest BCUT2D eigenvalue weighted by molar-refractivity contribution is 0.104. The van der Waals surface area contributed by atoms with Crippen LogP contribution in [0.5, 0.6) is 23.0 Å². The molecule has 0 unspecified atom stereocenters. The van der Waals surface area contributed by atoms with Crippen molar-refractivity contribution >= 4 is 24.0 Å². The second-order valence-electron chi connectivity index (χ2n) is 7.27. The van der Waals surface area contributed by atoms with Crippen LogP contribution in [0.4, 0.5) is 0 Å². The van der Waals surface area contributed by atoms with Gasteiger partial charge in [0.2, 0.25) is 0 Å². The molecule has 0 N–H and O–H groups in total. The van der Waals surface area contributed by atoms with E-state index in [9.17, 15) is 4.79 Å². The maximum absolute atomic E-state index is 12.8. The summed E-state index contributed by atoms with van der Waals surface area (Å²) in [6, 6.07) is 16.6. The van der Waals surface area contributed by atoms with E-state index < -0.39 is 0 Å². The summed E-state index contributed by atoms with van der Waals surface area (Å²) in [5, 5.41) is 0. The molecule has 170 valence electrons. The molecule has 3 rings (SSSR count). The van der Waals surface area contributed by atoms with Gasteiger partial charge in [-0.25, -0.2) is 0 Å². The first-order chi connectivity index (χ1) is 16.0. The second kappa shape index (κ2) is 11.0. The van der Waals surface area contributed by atoms with Gasteiger partial charge < -0.3 is 18.9 Å². The molecular formula is C28H28O5. The zero-order chi connectivity index (χ0) is 23.8. The van der Waals surface area contributed by atoms with Crippen molar-refractivity contribution in [3.05, 3.63) is 88.5 Å². The number of rotatable bonds is 9. The van der Waals surface area contributed by atoms with Crippen molar-refractivity contribution in [2.75, 3.05) is 28.4 Å². The van der Waals surface area contributed by atoms with Crippen LogP contribution in [0.25, 0.3) is 18.2 Å². The van der Waals surface area contributed by atoms with Gasteiger partial charge in [-0.2, -0.15) is 0 Å². The van der Waals surface area contributed by atoms with Crippen LogP contribution in [0.3, 0.4) is 0 Å². The van der Waals surface area contributed by atoms with Crippen molar-refractivity contribution in [1.82, 2.24) is 0 Å². The molecule has 0 aliphatic carbocycles. The molecule has 33 heavy (non-hydrogen) atoms. The van der Waals surface area contributed by atoms with Gasteiger partial charge >= 0.3 is 0 Å². The van der Waals surface area contributed by atoms with Crippen molar-refractivity contribution < 1.29 is 23.7 Å². The Labute approximate surface area is 194 Å². The van der Waals surface area contributed by atoms with Gasteiger partial charge in [0.1, 0.15) is 23.0 Å². The molecule has 0 saturated carbocycles. The predicted octanol–water partition coefficient (Wildman–Crippen LogP) is 6.10. The van der Waals surface area contributed by atoms with Gasteiger partial charge in [-0.1, -0.05) is 24.3 Å². The standard InChI is InChI=1S/C28H28O5/c1-19-24(15-8-20-6-11-22(30-2)12-7-20)25(28(33-5)18-27(19)32-4)16-17-26(29)21-9-13-23(31-3)14-10-21/h6-18H,1-5H3/b15-8+,17-16+. The number of hydrogen-bond donors (Lipinski definition) is 0. The average Bonchev–Trinajstić information content (AvgIpc) is 2.87. The molecule has 0 spiro atoms. The third kappa shape index (κ3) is 5.63. The SMILES string of the molecule is COc1ccc(/C=C/c2c(C)c(OC)cc(OC)c2/C=C/C(=O)c2ccc(OC)cc2)cc1. The Morgan fingerprint density at radius 1 is 0.667 bits per heavy atom. The number of benzene rings is 3. The van der Waals surface area contributed by atoms with Crippen molar-refractivity contribution in [2.45, 2.75) is 6.92 Å². The van der Waals surface area contributed by atoms with Crippen LogP contribution in [-0.2, 0) is 0 Å². The number of hydrogen-bond acceptors (Lipinski definition) is 5. The zero-order valence-electron chi connectivity index (χ0n) is 19.5. The van der Waals surface area contributed by atoms with Crippen LogP contribution in [-0.4, -0.2) is 34.2 Å². The second-order valence-corrected chi connectivity index (χ2v) is 7.27. The fraction of sp³-hybridized carbons (Fsp3) is 0.179. The lowest BCUT2D eigenvalue weighted by Gasteiger charge is -2.15. The minimum absolute atomic E-state index is 0.113. The molecule has 0 radical (unpaired) electrons. The summed E-state index contributed by atoms with van der Waals surface area (Å²) in [6.45, 7) is 1.98. The van der Waals surface area contributed by atoms with Gasteiger partial charge in [-0.05, 0) is 72.2 Å². The highest BCUT2D eigenvalue weighted by molar-refractivity contribution is 6.07. The first-order valence-corrected chi connectivity index (χ1v) is 10.4. The van der Waals surface area contributed by atoms with Gasteiger partial charge in [-0.15, -0.1) is 0 Å². The Kier molecular flexibility index (Phi) is 7.92. The summed E-state index contributed by atoms with van der Waals surface area (Å²) >= 11 is 0. The molecule has 3 aromatic carbocycles. The van der Waals surface area contributed by atoms with E-state index in [1.165, 1.54) is 0 Å². The normalized spacial score (nSPS) is 11.1. The maximum atomic E-state index is 12.8. The van der Waals surface area contributed by atoms with Crippen molar-refractivity contribution in [3.63, 3.8) is 0 Å². The van der Waals surface area contributed by atoms with E-state index in [-0.39, 0.29) is 5.78 Å². The molecular weight excluding hydrogens is 416 g/mol. The summed E-state index contributed by atoms with van der Waals surface area (Å²) in [5.74, 6) is 2.71. The summed E-state index contributed by atoms with van der Waals surface area (Å²) < 4.78 is 21.6. The molecule has 0 aliphatic heterocycles. The molecule has 0 fully saturated rings. The number of ketones is 1. The molecule has 0 aromatic heterocycles. The van der Waals surface area contributed by atoms with Crippen LogP contribution in [0.2, 0.25) is 0 Å². The van der Waals surface area contributed by atoms with E-state index in [4.69, 9.17) is 18.9 Å². The van der Waals surface area contributed by atoms with E-state index in [1.54, 1.807) is 64.9 Å². The highest BCUT2D eigenvalue weighted by Gasteiger charge is 2.14. The fourth-order valence-corrected chi connectivity index (χ4v) is 3.45. The molecule has 3 aromatic rings. The molecule has 5 heteroatoms. The van der Waals surface area contributed by atoms with Crippen molar-refractivity contribution in [1.29, 1.82) is 0 Å². The number of carbonyl (C=O) groups is 1. The lowest BCUT2D eigenvalue weighted by atomic mass is 9.97. The molecule has 0 amide bonds. The highest BCUT2D eigenvalue weighted by Crippen LogP contribution is 2.35. The number of allylic oxidation sites excluding steroid dienone is 1. The quantitative estimate of drug-likeness (QED) is 0.227. The molecule has 0 atom stereocenters. The Hall–Kier alpha value is -3.99. The molecule has 0 aliphatic rings. The van der Waals surface area contributed by atoms with Crippen molar-refractivity contribution in [2.24, 2.45) is 0 Å². The van der Waals surface area contributed by atoms with E-state index >= 15 is 0 Å². The number of methoxy groups -OCH3 is 4. The van der Waals surface area contributed by atoms with Crippen LogP contribution in [0, 0.1) is 6.92 Å².